The Bertz CT molecular complexity index is 847. The van der Waals surface area contributed by atoms with E-state index in [-0.39, 0.29) is 18.5 Å². The summed E-state index contributed by atoms with van der Waals surface area (Å²) in [6.45, 7) is 1.46. The van der Waals surface area contributed by atoms with Crippen molar-refractivity contribution >= 4 is 29.2 Å². The van der Waals surface area contributed by atoms with Crippen LogP contribution in [0.3, 0.4) is 0 Å². The fourth-order valence-corrected chi connectivity index (χ4v) is 2.35. The van der Waals surface area contributed by atoms with E-state index in [4.69, 9.17) is 21.6 Å². The van der Waals surface area contributed by atoms with Gasteiger partial charge in [-0.1, -0.05) is 11.6 Å². The number of benzene rings is 2. The first-order valence-corrected chi connectivity index (χ1v) is 8.16. The predicted molar refractivity (Wildman–Crippen MR) is 95.5 cm³/mol. The monoisotopic (exact) mass is 374 g/mol. The molecule has 0 N–H and O–H groups in total. The van der Waals surface area contributed by atoms with Crippen LogP contribution in [-0.2, 0) is 9.53 Å². The van der Waals surface area contributed by atoms with Gasteiger partial charge < -0.3 is 9.64 Å². The third-order valence-electron chi connectivity index (χ3n) is 3.61. The number of carbonyl (C=O) groups excluding carboxylic acids is 2. The van der Waals surface area contributed by atoms with Crippen LogP contribution in [0.15, 0.2) is 42.5 Å². The highest BCUT2D eigenvalue weighted by Gasteiger charge is 2.18. The van der Waals surface area contributed by atoms with Crippen LogP contribution in [-0.4, -0.2) is 25.0 Å². The van der Waals surface area contributed by atoms with Gasteiger partial charge in [0.2, 0.25) is 0 Å². The van der Waals surface area contributed by atoms with E-state index in [9.17, 15) is 14.0 Å². The Kier molecular flexibility index (Phi) is 6.70. The van der Waals surface area contributed by atoms with E-state index in [1.54, 1.807) is 25.1 Å². The van der Waals surface area contributed by atoms with E-state index in [1.165, 1.54) is 17.0 Å². The average molecular weight is 375 g/mol. The van der Waals surface area contributed by atoms with Crippen LogP contribution >= 0.6 is 11.6 Å². The van der Waals surface area contributed by atoms with Crippen LogP contribution in [0.2, 0.25) is 5.02 Å². The lowest BCUT2D eigenvalue weighted by Gasteiger charge is -2.22. The van der Waals surface area contributed by atoms with Gasteiger partial charge in [0, 0.05) is 17.3 Å². The van der Waals surface area contributed by atoms with Gasteiger partial charge in [0.05, 0.1) is 18.1 Å². The summed E-state index contributed by atoms with van der Waals surface area (Å²) in [5, 5.41) is 9.37. The molecule has 1 amide bonds. The summed E-state index contributed by atoms with van der Waals surface area (Å²) in [6.07, 6.45) is 0.124. The molecule has 0 aliphatic heterocycles. The minimum absolute atomic E-state index is 0.124. The normalized spacial score (nSPS) is 10.1. The van der Waals surface area contributed by atoms with E-state index in [0.717, 1.165) is 17.7 Å². The summed E-state index contributed by atoms with van der Waals surface area (Å²) >= 11 is 6.00. The summed E-state index contributed by atoms with van der Waals surface area (Å²) in [5.41, 5.74) is 1.48. The van der Waals surface area contributed by atoms with Crippen molar-refractivity contribution in [3.05, 3.63) is 64.4 Å². The molecular weight excluding hydrogens is 359 g/mol. The van der Waals surface area contributed by atoms with Crippen molar-refractivity contribution in [2.75, 3.05) is 18.1 Å². The van der Waals surface area contributed by atoms with Crippen LogP contribution in [0.4, 0.5) is 10.1 Å². The molecule has 2 aromatic rings. The number of carbonyl (C=O) groups is 2. The van der Waals surface area contributed by atoms with Crippen LogP contribution < -0.4 is 4.90 Å². The number of ether oxygens (including phenoxy) is 1. The van der Waals surface area contributed by atoms with E-state index in [1.807, 2.05) is 6.07 Å². The Balaban J connectivity index is 2.08. The maximum Gasteiger partial charge on any atom is 0.338 e. The van der Waals surface area contributed by atoms with Crippen molar-refractivity contribution in [2.45, 2.75) is 13.3 Å². The first-order valence-electron chi connectivity index (χ1n) is 7.78. The fourth-order valence-electron chi connectivity index (χ4n) is 2.23. The number of halogens is 2. The fraction of sp³-hybridized carbons (Fsp3) is 0.211. The largest absolute Gasteiger partial charge is 0.452 e. The second-order valence-corrected chi connectivity index (χ2v) is 5.88. The minimum Gasteiger partial charge on any atom is -0.452 e. The molecule has 0 aliphatic rings. The molecular formula is C19H16ClFN2O3. The number of aryl methyl sites for hydroxylation is 1. The highest BCUT2D eigenvalue weighted by Crippen LogP contribution is 2.23. The zero-order valence-corrected chi connectivity index (χ0v) is 14.8. The third kappa shape index (κ3) is 5.04. The molecule has 2 aromatic carbocycles. The summed E-state index contributed by atoms with van der Waals surface area (Å²) in [7, 11) is 0. The molecule has 0 unspecified atom stereocenters. The number of esters is 1. The lowest BCUT2D eigenvalue weighted by Crippen LogP contribution is -2.35. The van der Waals surface area contributed by atoms with Gasteiger partial charge in [0.15, 0.2) is 6.61 Å². The van der Waals surface area contributed by atoms with Crippen molar-refractivity contribution in [2.24, 2.45) is 0 Å². The molecule has 26 heavy (non-hydrogen) atoms. The zero-order valence-electron chi connectivity index (χ0n) is 14.0. The Morgan fingerprint density at radius 2 is 1.92 bits per heavy atom. The number of hydrogen-bond donors (Lipinski definition) is 0. The maximum absolute atomic E-state index is 12.9. The summed E-state index contributed by atoms with van der Waals surface area (Å²) in [5.74, 6) is -1.68. The average Bonchev–Trinajstić information content (AvgIpc) is 2.63. The zero-order chi connectivity index (χ0) is 19.1. The van der Waals surface area contributed by atoms with E-state index in [2.05, 4.69) is 0 Å². The molecule has 0 bridgehead atoms. The highest BCUT2D eigenvalue weighted by molar-refractivity contribution is 6.31. The molecule has 0 atom stereocenters. The maximum atomic E-state index is 12.9. The van der Waals surface area contributed by atoms with Gasteiger partial charge in [0.1, 0.15) is 5.82 Å². The Morgan fingerprint density at radius 1 is 1.23 bits per heavy atom. The number of rotatable bonds is 6. The molecule has 0 aliphatic carbocycles. The van der Waals surface area contributed by atoms with Crippen molar-refractivity contribution in [3.8, 4) is 6.07 Å². The third-order valence-corrected chi connectivity index (χ3v) is 4.03. The smallest absolute Gasteiger partial charge is 0.338 e. The topological polar surface area (TPSA) is 70.4 Å². The lowest BCUT2D eigenvalue weighted by molar-refractivity contribution is -0.121. The second-order valence-electron chi connectivity index (χ2n) is 5.47. The number of nitrogens with zero attached hydrogens (tertiary/aromatic N) is 2. The standard InChI is InChI=1S/C19H16ClFN2O3/c1-13-11-16(7-8-17(13)20)23(10-2-9-22)18(24)12-26-19(25)14-3-5-15(21)6-4-14/h3-8,11H,2,10,12H2,1H3. The molecule has 5 nitrogen and oxygen atoms in total. The molecule has 0 fully saturated rings. The quantitative estimate of drug-likeness (QED) is 0.719. The first kappa shape index (κ1) is 19.4. The number of hydrogen-bond acceptors (Lipinski definition) is 4. The van der Waals surface area contributed by atoms with Gasteiger partial charge >= 0.3 is 5.97 Å². The summed E-state index contributed by atoms with van der Waals surface area (Å²) in [4.78, 5) is 25.8. The minimum atomic E-state index is -0.731. The van der Waals surface area contributed by atoms with Gasteiger partial charge in [-0.25, -0.2) is 9.18 Å². The highest BCUT2D eigenvalue weighted by atomic mass is 35.5. The molecule has 2 rings (SSSR count). The predicted octanol–water partition coefficient (Wildman–Crippen LogP) is 3.89. The molecule has 0 aromatic heterocycles. The summed E-state index contributed by atoms with van der Waals surface area (Å²) < 4.78 is 17.9. The number of anilines is 1. The molecule has 0 saturated carbocycles. The molecule has 134 valence electrons. The Hall–Kier alpha value is -2.91. The molecule has 0 radical (unpaired) electrons. The van der Waals surface area contributed by atoms with Crippen LogP contribution in [0.1, 0.15) is 22.3 Å². The Labute approximate surface area is 155 Å². The van der Waals surface area contributed by atoms with Gasteiger partial charge in [0.25, 0.3) is 5.91 Å². The van der Waals surface area contributed by atoms with Gasteiger partial charge in [-0.05, 0) is 55.0 Å². The molecule has 0 spiro atoms. The van der Waals surface area contributed by atoms with Crippen LogP contribution in [0, 0.1) is 24.1 Å². The van der Waals surface area contributed by atoms with Crippen molar-refractivity contribution in [3.63, 3.8) is 0 Å². The second kappa shape index (κ2) is 8.97. The van der Waals surface area contributed by atoms with E-state index >= 15 is 0 Å². The lowest BCUT2D eigenvalue weighted by atomic mass is 10.2. The van der Waals surface area contributed by atoms with Crippen molar-refractivity contribution in [1.29, 1.82) is 5.26 Å². The van der Waals surface area contributed by atoms with Crippen LogP contribution in [0.5, 0.6) is 0 Å². The molecule has 0 saturated heterocycles. The van der Waals surface area contributed by atoms with Crippen molar-refractivity contribution in [1.82, 2.24) is 0 Å². The SMILES string of the molecule is Cc1cc(N(CCC#N)C(=O)COC(=O)c2ccc(F)cc2)ccc1Cl. The van der Waals surface area contributed by atoms with Gasteiger partial charge in [-0.3, -0.25) is 4.79 Å². The number of amides is 1. The Morgan fingerprint density at radius 3 is 2.54 bits per heavy atom. The molecule has 0 heterocycles. The summed E-state index contributed by atoms with van der Waals surface area (Å²) in [6, 6.07) is 11.8. The van der Waals surface area contributed by atoms with Crippen LogP contribution in [0.25, 0.3) is 0 Å². The van der Waals surface area contributed by atoms with Crippen molar-refractivity contribution < 1.29 is 18.7 Å². The molecule has 7 heteroatoms. The van der Waals surface area contributed by atoms with Gasteiger partial charge in [-0.15, -0.1) is 0 Å². The van der Waals surface area contributed by atoms with Gasteiger partial charge in [-0.2, -0.15) is 5.26 Å². The first-order chi connectivity index (χ1) is 12.4. The number of nitriles is 1. The van der Waals surface area contributed by atoms with E-state index < -0.39 is 24.3 Å². The van der Waals surface area contributed by atoms with E-state index in [0.29, 0.717) is 10.7 Å².